The van der Waals surface area contributed by atoms with Crippen LogP contribution in [0.15, 0.2) is 53.7 Å². The summed E-state index contributed by atoms with van der Waals surface area (Å²) < 4.78 is 25.9. The Morgan fingerprint density at radius 2 is 2.13 bits per heavy atom. The number of nitrogens with two attached hydrogens (primary N) is 1. The molecular formula is C20H19ClF2N4O3S. The van der Waals surface area contributed by atoms with E-state index in [9.17, 15) is 18.4 Å². The number of aliphatic carboxylic acids is 1. The predicted molar refractivity (Wildman–Crippen MR) is 118 cm³/mol. The van der Waals surface area contributed by atoms with Crippen molar-refractivity contribution >= 4 is 46.1 Å². The van der Waals surface area contributed by atoms with Crippen LogP contribution in [0.25, 0.3) is 0 Å². The highest BCUT2D eigenvalue weighted by molar-refractivity contribution is 8.15. The van der Waals surface area contributed by atoms with Gasteiger partial charge in [0.1, 0.15) is 11.5 Å². The maximum Gasteiger partial charge on any atom is 0.328 e. The number of nitrogens with one attached hydrogen (secondary N) is 1. The largest absolute Gasteiger partial charge is 0.478 e. The molecule has 1 aromatic carbocycles. The van der Waals surface area contributed by atoms with Crippen LogP contribution in [0, 0.1) is 5.82 Å². The second-order valence-electron chi connectivity index (χ2n) is 6.50. The van der Waals surface area contributed by atoms with Crippen molar-refractivity contribution in [3.8, 4) is 0 Å². The standard InChI is InChI=1S/C20H19ClF2N4O3S/c1-20(7-6-17(28)29,31-19(24)26-11-22)9-12-8-14(3-4-15(12)23)27-18(30)16-5-2-13(21)10-25-16/h2-8,10H,9,11H2,1H3,(H2,24,26)(H,27,30)(H,28,29)/b7-6+/t20-/m0/s1. The fourth-order valence-corrected chi connectivity index (χ4v) is 3.64. The minimum atomic E-state index is -1.20. The predicted octanol–water partition coefficient (Wildman–Crippen LogP) is 4.04. The van der Waals surface area contributed by atoms with Gasteiger partial charge < -0.3 is 16.2 Å². The van der Waals surface area contributed by atoms with E-state index in [4.69, 9.17) is 22.4 Å². The number of anilines is 1. The number of pyridine rings is 1. The number of carbonyl (C=O) groups excluding carboxylic acids is 1. The number of carbonyl (C=O) groups is 2. The molecule has 2 rings (SSSR count). The topological polar surface area (TPSA) is 118 Å². The SMILES string of the molecule is C[C@](/C=C/C(=O)O)(Cc1cc(NC(=O)c2ccc(Cl)cn2)ccc1F)S/C(N)=N\CF. The van der Waals surface area contributed by atoms with E-state index in [1.165, 1.54) is 42.6 Å². The summed E-state index contributed by atoms with van der Waals surface area (Å²) in [5.74, 6) is -2.29. The number of hydrogen-bond donors (Lipinski definition) is 3. The van der Waals surface area contributed by atoms with E-state index in [1.807, 2.05) is 0 Å². The Balaban J connectivity index is 2.28. The first-order chi connectivity index (χ1) is 14.6. The molecule has 0 aliphatic heterocycles. The summed E-state index contributed by atoms with van der Waals surface area (Å²) in [6, 6.07) is 6.92. The summed E-state index contributed by atoms with van der Waals surface area (Å²) in [6.07, 6.45) is 3.53. The van der Waals surface area contributed by atoms with Gasteiger partial charge in [-0.2, -0.15) is 0 Å². The van der Waals surface area contributed by atoms with Crippen molar-refractivity contribution in [2.75, 3.05) is 12.1 Å². The van der Waals surface area contributed by atoms with E-state index in [2.05, 4.69) is 15.3 Å². The van der Waals surface area contributed by atoms with E-state index in [0.717, 1.165) is 17.8 Å². The van der Waals surface area contributed by atoms with Crippen LogP contribution >= 0.6 is 23.4 Å². The first-order valence-electron chi connectivity index (χ1n) is 8.80. The van der Waals surface area contributed by atoms with Crippen LogP contribution in [0.2, 0.25) is 5.02 Å². The van der Waals surface area contributed by atoms with Gasteiger partial charge in [0, 0.05) is 22.7 Å². The van der Waals surface area contributed by atoms with Gasteiger partial charge >= 0.3 is 5.97 Å². The third kappa shape index (κ3) is 7.65. The Hall–Kier alpha value is -2.98. The molecule has 0 spiro atoms. The summed E-state index contributed by atoms with van der Waals surface area (Å²) in [5, 5.41) is 11.8. The zero-order valence-corrected chi connectivity index (χ0v) is 17.9. The van der Waals surface area contributed by atoms with Crippen LogP contribution in [0.5, 0.6) is 0 Å². The molecule has 7 nitrogen and oxygen atoms in total. The maximum absolute atomic E-state index is 14.5. The Morgan fingerprint density at radius 1 is 1.39 bits per heavy atom. The van der Waals surface area contributed by atoms with Crippen LogP contribution in [0.4, 0.5) is 14.5 Å². The van der Waals surface area contributed by atoms with Crippen molar-refractivity contribution in [3.63, 3.8) is 0 Å². The molecule has 0 unspecified atom stereocenters. The Morgan fingerprint density at radius 3 is 2.74 bits per heavy atom. The molecule has 0 saturated carbocycles. The van der Waals surface area contributed by atoms with Crippen LogP contribution in [-0.2, 0) is 11.2 Å². The number of thioether (sulfide) groups is 1. The number of amidine groups is 1. The lowest BCUT2D eigenvalue weighted by Gasteiger charge is -2.25. The van der Waals surface area contributed by atoms with Crippen molar-refractivity contribution < 1.29 is 23.5 Å². The Kier molecular flexibility index (Phi) is 8.52. The van der Waals surface area contributed by atoms with Gasteiger partial charge in [0.2, 0.25) is 0 Å². The highest BCUT2D eigenvalue weighted by Gasteiger charge is 2.26. The van der Waals surface area contributed by atoms with Crippen LogP contribution in [0.3, 0.4) is 0 Å². The van der Waals surface area contributed by atoms with E-state index in [1.54, 1.807) is 6.92 Å². The molecule has 0 aliphatic rings. The fraction of sp³-hybridized carbons (Fsp3) is 0.200. The lowest BCUT2D eigenvalue weighted by molar-refractivity contribution is -0.131. The molecule has 1 atom stereocenters. The molecule has 0 aliphatic carbocycles. The van der Waals surface area contributed by atoms with Gasteiger partial charge in [0.25, 0.3) is 5.91 Å². The van der Waals surface area contributed by atoms with Crippen molar-refractivity contribution in [1.29, 1.82) is 0 Å². The summed E-state index contributed by atoms with van der Waals surface area (Å²) in [4.78, 5) is 30.7. The molecule has 164 valence electrons. The number of aliphatic imine (C=N–C) groups is 1. The summed E-state index contributed by atoms with van der Waals surface area (Å²) in [5.41, 5.74) is 6.27. The number of rotatable bonds is 8. The van der Waals surface area contributed by atoms with E-state index < -0.39 is 29.2 Å². The molecule has 31 heavy (non-hydrogen) atoms. The smallest absolute Gasteiger partial charge is 0.328 e. The number of carboxylic acid groups (broad SMARTS) is 1. The summed E-state index contributed by atoms with van der Waals surface area (Å²) >= 11 is 6.66. The van der Waals surface area contributed by atoms with Gasteiger partial charge in [-0.3, -0.25) is 4.79 Å². The Bertz CT molecular complexity index is 1020. The second-order valence-corrected chi connectivity index (χ2v) is 8.49. The molecule has 1 aromatic heterocycles. The second kappa shape index (κ2) is 10.9. The van der Waals surface area contributed by atoms with Gasteiger partial charge in [-0.15, -0.1) is 0 Å². The lowest BCUT2D eigenvalue weighted by Crippen LogP contribution is -2.27. The summed E-state index contributed by atoms with van der Waals surface area (Å²) in [6.45, 7) is 0.576. The van der Waals surface area contributed by atoms with Gasteiger partial charge in [0.05, 0.1) is 5.02 Å². The van der Waals surface area contributed by atoms with E-state index >= 15 is 0 Å². The van der Waals surface area contributed by atoms with Crippen LogP contribution in [0.1, 0.15) is 23.0 Å². The fourth-order valence-electron chi connectivity index (χ4n) is 2.58. The number of amides is 1. The van der Waals surface area contributed by atoms with Crippen molar-refractivity contribution in [2.45, 2.75) is 18.1 Å². The number of benzene rings is 1. The van der Waals surface area contributed by atoms with Gasteiger partial charge in [0.15, 0.2) is 12.0 Å². The van der Waals surface area contributed by atoms with Crippen molar-refractivity contribution in [2.24, 2.45) is 10.7 Å². The average Bonchev–Trinajstić information content (AvgIpc) is 2.69. The first kappa shape index (κ1) is 24.3. The maximum atomic E-state index is 14.5. The Labute approximate surface area is 186 Å². The molecule has 11 heteroatoms. The van der Waals surface area contributed by atoms with Gasteiger partial charge in [-0.05, 0) is 49.2 Å². The molecule has 1 heterocycles. The average molecular weight is 469 g/mol. The molecular weight excluding hydrogens is 450 g/mol. The van der Waals surface area contributed by atoms with Crippen molar-refractivity contribution in [3.05, 3.63) is 70.8 Å². The number of aromatic nitrogens is 1. The molecule has 0 radical (unpaired) electrons. The molecule has 2 aromatic rings. The zero-order valence-electron chi connectivity index (χ0n) is 16.3. The van der Waals surface area contributed by atoms with Crippen LogP contribution in [-0.4, -0.2) is 38.7 Å². The van der Waals surface area contributed by atoms with E-state index in [0.29, 0.717) is 10.7 Å². The molecule has 1 amide bonds. The zero-order chi connectivity index (χ0) is 23.0. The van der Waals surface area contributed by atoms with Crippen molar-refractivity contribution in [1.82, 2.24) is 4.98 Å². The highest BCUT2D eigenvalue weighted by atomic mass is 35.5. The van der Waals surface area contributed by atoms with Crippen LogP contribution < -0.4 is 11.1 Å². The summed E-state index contributed by atoms with van der Waals surface area (Å²) in [7, 11) is 0. The first-order valence-corrected chi connectivity index (χ1v) is 10.00. The number of alkyl halides is 1. The third-order valence-corrected chi connectivity index (χ3v) is 5.25. The number of carboxylic acids is 1. The van der Waals surface area contributed by atoms with E-state index in [-0.39, 0.29) is 22.8 Å². The van der Waals surface area contributed by atoms with Gasteiger partial charge in [-0.25, -0.2) is 23.6 Å². The molecule has 4 N–H and O–H groups in total. The monoisotopic (exact) mass is 468 g/mol. The normalized spacial score (nSPS) is 13.7. The number of halogens is 3. The lowest BCUT2D eigenvalue weighted by atomic mass is 9.98. The third-order valence-electron chi connectivity index (χ3n) is 3.94. The minimum Gasteiger partial charge on any atom is -0.478 e. The molecule has 0 saturated heterocycles. The minimum absolute atomic E-state index is 0.0152. The number of hydrogen-bond acceptors (Lipinski definition) is 5. The number of nitrogens with zero attached hydrogens (tertiary/aromatic N) is 2. The van der Waals surface area contributed by atoms with Gasteiger partial charge in [-0.1, -0.05) is 29.4 Å². The highest BCUT2D eigenvalue weighted by Crippen LogP contribution is 2.32. The molecule has 0 fully saturated rings. The molecule has 0 bridgehead atoms. The quantitative estimate of drug-likeness (QED) is 0.233.